The Labute approximate surface area is 84.9 Å². The Morgan fingerprint density at radius 1 is 1.33 bits per heavy atom. The topological polar surface area (TPSA) is 69.2 Å². The monoisotopic (exact) mass is 216 g/mol. The minimum atomic E-state index is -2.96. The van der Waals surface area contributed by atoms with E-state index in [9.17, 15) is 18.9 Å². The number of nitro groups is 1. The Bertz CT molecular complexity index is 352. The molecule has 0 atom stereocenters. The second-order valence-electron chi connectivity index (χ2n) is 3.16. The molecule has 0 radical (unpaired) electrons. The Morgan fingerprint density at radius 2 is 1.87 bits per heavy atom. The van der Waals surface area contributed by atoms with Crippen LogP contribution in [0.1, 0.15) is 5.56 Å². The van der Waals surface area contributed by atoms with Crippen molar-refractivity contribution in [3.05, 3.63) is 39.9 Å². The number of non-ortho nitro benzene ring substituents is 1. The summed E-state index contributed by atoms with van der Waals surface area (Å²) >= 11 is 0. The van der Waals surface area contributed by atoms with Gasteiger partial charge in [-0.25, -0.2) is 8.78 Å². The molecule has 0 aromatic heterocycles. The SMILES string of the molecule is NCC(F)(F)Cc1ccc([N+](=O)[O-])cc1. The molecule has 0 aliphatic heterocycles. The summed E-state index contributed by atoms with van der Waals surface area (Å²) in [5.74, 6) is -2.96. The van der Waals surface area contributed by atoms with Crippen LogP contribution in [0.3, 0.4) is 0 Å². The molecule has 1 rings (SSSR count). The van der Waals surface area contributed by atoms with Gasteiger partial charge in [0, 0.05) is 18.6 Å². The summed E-state index contributed by atoms with van der Waals surface area (Å²) in [7, 11) is 0. The zero-order chi connectivity index (χ0) is 11.5. The lowest BCUT2D eigenvalue weighted by Gasteiger charge is -2.13. The van der Waals surface area contributed by atoms with Crippen LogP contribution < -0.4 is 5.73 Å². The lowest BCUT2D eigenvalue weighted by atomic mass is 10.1. The first-order chi connectivity index (χ1) is 6.94. The molecule has 1 aromatic rings. The summed E-state index contributed by atoms with van der Waals surface area (Å²) in [5.41, 5.74) is 5.09. The summed E-state index contributed by atoms with van der Waals surface area (Å²) in [4.78, 5) is 9.71. The standard InChI is InChI=1S/C9H10F2N2O2/c10-9(11,6-12)5-7-1-3-8(4-2-7)13(14)15/h1-4H,5-6,12H2. The van der Waals surface area contributed by atoms with Crippen molar-refractivity contribution in [3.8, 4) is 0 Å². The average Bonchev–Trinajstić information content (AvgIpc) is 2.18. The molecular weight excluding hydrogens is 206 g/mol. The van der Waals surface area contributed by atoms with Crippen molar-refractivity contribution < 1.29 is 13.7 Å². The summed E-state index contributed by atoms with van der Waals surface area (Å²) in [6, 6.07) is 5.01. The van der Waals surface area contributed by atoms with E-state index < -0.39 is 23.8 Å². The third-order valence-electron chi connectivity index (χ3n) is 1.91. The number of halogens is 2. The molecule has 0 unspecified atom stereocenters. The van der Waals surface area contributed by atoms with E-state index >= 15 is 0 Å². The number of nitrogens with zero attached hydrogens (tertiary/aromatic N) is 1. The second kappa shape index (κ2) is 4.31. The first kappa shape index (κ1) is 11.5. The molecule has 0 saturated heterocycles. The smallest absolute Gasteiger partial charge is 0.269 e. The zero-order valence-electron chi connectivity index (χ0n) is 7.82. The van der Waals surface area contributed by atoms with Gasteiger partial charge in [0.15, 0.2) is 0 Å². The summed E-state index contributed by atoms with van der Waals surface area (Å²) in [5, 5.41) is 10.3. The Kier molecular flexibility index (Phi) is 3.31. The highest BCUT2D eigenvalue weighted by atomic mass is 19.3. The van der Waals surface area contributed by atoms with Gasteiger partial charge in [-0.3, -0.25) is 10.1 Å². The summed E-state index contributed by atoms with van der Waals surface area (Å²) in [6.45, 7) is -0.732. The molecule has 0 heterocycles. The largest absolute Gasteiger partial charge is 0.325 e. The maximum Gasteiger partial charge on any atom is 0.269 e. The fourth-order valence-corrected chi connectivity index (χ4v) is 1.11. The molecule has 1 aromatic carbocycles. The fourth-order valence-electron chi connectivity index (χ4n) is 1.11. The van der Waals surface area contributed by atoms with E-state index in [0.29, 0.717) is 5.56 Å². The highest BCUT2D eigenvalue weighted by molar-refractivity contribution is 5.33. The van der Waals surface area contributed by atoms with Crippen molar-refractivity contribution in [3.63, 3.8) is 0 Å². The zero-order valence-corrected chi connectivity index (χ0v) is 7.82. The van der Waals surface area contributed by atoms with Gasteiger partial charge in [-0.05, 0) is 5.56 Å². The first-order valence-electron chi connectivity index (χ1n) is 4.26. The third kappa shape index (κ3) is 3.25. The summed E-state index contributed by atoms with van der Waals surface area (Å²) < 4.78 is 25.7. The Morgan fingerprint density at radius 3 is 2.27 bits per heavy atom. The van der Waals surface area contributed by atoms with E-state index in [2.05, 4.69) is 0 Å². The van der Waals surface area contributed by atoms with Gasteiger partial charge in [0.25, 0.3) is 11.6 Å². The molecule has 0 spiro atoms. The van der Waals surface area contributed by atoms with Crippen molar-refractivity contribution in [1.29, 1.82) is 0 Å². The maximum absolute atomic E-state index is 12.8. The van der Waals surface area contributed by atoms with E-state index in [1.54, 1.807) is 0 Å². The van der Waals surface area contributed by atoms with Crippen LogP contribution in [0.2, 0.25) is 0 Å². The maximum atomic E-state index is 12.8. The van der Waals surface area contributed by atoms with Gasteiger partial charge >= 0.3 is 0 Å². The molecule has 4 nitrogen and oxygen atoms in total. The predicted molar refractivity (Wildman–Crippen MR) is 50.8 cm³/mol. The second-order valence-corrected chi connectivity index (χ2v) is 3.16. The molecular formula is C9H10F2N2O2. The van der Waals surface area contributed by atoms with E-state index in [4.69, 9.17) is 5.73 Å². The van der Waals surface area contributed by atoms with Crippen molar-refractivity contribution >= 4 is 5.69 Å². The third-order valence-corrected chi connectivity index (χ3v) is 1.91. The molecule has 82 valence electrons. The predicted octanol–water partition coefficient (Wildman–Crippen LogP) is 1.73. The quantitative estimate of drug-likeness (QED) is 0.615. The van der Waals surface area contributed by atoms with E-state index in [0.717, 1.165) is 0 Å². The number of nitrogens with two attached hydrogens (primary N) is 1. The molecule has 15 heavy (non-hydrogen) atoms. The lowest BCUT2D eigenvalue weighted by Crippen LogP contribution is -2.30. The van der Waals surface area contributed by atoms with Crippen molar-refractivity contribution in [2.45, 2.75) is 12.3 Å². The van der Waals surface area contributed by atoms with Crippen LogP contribution in [0.25, 0.3) is 0 Å². The number of nitro benzene ring substituents is 1. The van der Waals surface area contributed by atoms with E-state index in [1.807, 2.05) is 0 Å². The Balaban J connectivity index is 2.77. The molecule has 0 aliphatic carbocycles. The first-order valence-corrected chi connectivity index (χ1v) is 4.26. The Hall–Kier alpha value is -1.56. The van der Waals surface area contributed by atoms with Crippen LogP contribution in [0.15, 0.2) is 24.3 Å². The number of benzene rings is 1. The minimum Gasteiger partial charge on any atom is -0.325 e. The molecule has 2 N–H and O–H groups in total. The van der Waals surface area contributed by atoms with Crippen LogP contribution in [0, 0.1) is 10.1 Å². The van der Waals surface area contributed by atoms with Crippen molar-refractivity contribution in [2.75, 3.05) is 6.54 Å². The normalized spacial score (nSPS) is 11.4. The van der Waals surface area contributed by atoms with Gasteiger partial charge in [0.1, 0.15) is 0 Å². The van der Waals surface area contributed by atoms with Gasteiger partial charge in [-0.2, -0.15) is 0 Å². The van der Waals surface area contributed by atoms with Gasteiger partial charge in [-0.15, -0.1) is 0 Å². The molecule has 6 heteroatoms. The van der Waals surface area contributed by atoms with Gasteiger partial charge < -0.3 is 5.73 Å². The molecule has 0 aliphatic rings. The molecule has 0 bridgehead atoms. The van der Waals surface area contributed by atoms with Gasteiger partial charge in [0.05, 0.1) is 11.5 Å². The van der Waals surface area contributed by atoms with Crippen LogP contribution in [-0.4, -0.2) is 17.4 Å². The van der Waals surface area contributed by atoms with Crippen LogP contribution in [0.4, 0.5) is 14.5 Å². The fraction of sp³-hybridized carbons (Fsp3) is 0.333. The summed E-state index contributed by atoms with van der Waals surface area (Å²) in [6.07, 6.45) is -0.499. The van der Waals surface area contributed by atoms with Crippen LogP contribution >= 0.6 is 0 Å². The number of rotatable bonds is 4. The lowest BCUT2D eigenvalue weighted by molar-refractivity contribution is -0.384. The van der Waals surface area contributed by atoms with E-state index in [-0.39, 0.29) is 5.69 Å². The van der Waals surface area contributed by atoms with Crippen LogP contribution in [0.5, 0.6) is 0 Å². The highest BCUT2D eigenvalue weighted by Crippen LogP contribution is 2.20. The average molecular weight is 216 g/mol. The van der Waals surface area contributed by atoms with Crippen molar-refractivity contribution in [2.24, 2.45) is 5.73 Å². The molecule has 0 saturated carbocycles. The van der Waals surface area contributed by atoms with E-state index in [1.165, 1.54) is 24.3 Å². The highest BCUT2D eigenvalue weighted by Gasteiger charge is 2.27. The molecule has 0 amide bonds. The number of alkyl halides is 2. The van der Waals surface area contributed by atoms with Gasteiger partial charge in [0.2, 0.25) is 0 Å². The number of hydrogen-bond acceptors (Lipinski definition) is 3. The van der Waals surface area contributed by atoms with Crippen molar-refractivity contribution in [1.82, 2.24) is 0 Å². The van der Waals surface area contributed by atoms with Crippen LogP contribution in [-0.2, 0) is 6.42 Å². The minimum absolute atomic E-state index is 0.116. The van der Waals surface area contributed by atoms with Gasteiger partial charge in [-0.1, -0.05) is 12.1 Å². The number of hydrogen-bond donors (Lipinski definition) is 1. The molecule has 0 fully saturated rings.